The molecule has 0 aliphatic rings. The number of anilines is 3. The van der Waals surface area contributed by atoms with Gasteiger partial charge in [0.05, 0.1) is 23.5 Å². The number of benzene rings is 1. The third-order valence-electron chi connectivity index (χ3n) is 2.67. The summed E-state index contributed by atoms with van der Waals surface area (Å²) in [5.41, 5.74) is 7.22. The predicted molar refractivity (Wildman–Crippen MR) is 87.0 cm³/mol. The summed E-state index contributed by atoms with van der Waals surface area (Å²) < 4.78 is 5.71. The number of ether oxygens (including phenoxy) is 1. The van der Waals surface area contributed by atoms with Crippen LogP contribution in [0.4, 0.5) is 17.2 Å². The van der Waals surface area contributed by atoms with Crippen LogP contribution >= 0.6 is 27.5 Å². The van der Waals surface area contributed by atoms with Crippen LogP contribution in [0.3, 0.4) is 0 Å². The number of nitrogen functional groups attached to an aromatic ring is 1. The number of nitrogens with zero attached hydrogens (tertiary/aromatic N) is 1. The van der Waals surface area contributed by atoms with Gasteiger partial charge in [-0.05, 0) is 47.1 Å². The molecule has 110 valence electrons. The van der Waals surface area contributed by atoms with Crippen molar-refractivity contribution in [2.75, 3.05) is 17.7 Å². The molecular formula is C14H13BrClN3O2. The molecule has 0 fully saturated rings. The largest absolute Gasteiger partial charge is 0.462 e. The van der Waals surface area contributed by atoms with Gasteiger partial charge >= 0.3 is 5.97 Å². The molecule has 0 radical (unpaired) electrons. The summed E-state index contributed by atoms with van der Waals surface area (Å²) in [6, 6.07) is 6.79. The molecule has 0 saturated carbocycles. The van der Waals surface area contributed by atoms with E-state index in [9.17, 15) is 4.79 Å². The standard InChI is InChI=1S/C14H13BrClN3O2/c1-2-21-14(20)9-5-6-18-13(12(9)17)19-11-4-3-8(16)7-10(11)15/h3-7H,2,17H2,1H3,(H,18,19). The number of hydrogen-bond acceptors (Lipinski definition) is 5. The highest BCUT2D eigenvalue weighted by Crippen LogP contribution is 2.30. The van der Waals surface area contributed by atoms with Gasteiger partial charge in [-0.15, -0.1) is 0 Å². The summed E-state index contributed by atoms with van der Waals surface area (Å²) >= 11 is 9.29. The second-order valence-electron chi connectivity index (χ2n) is 4.09. The molecule has 1 heterocycles. The summed E-state index contributed by atoms with van der Waals surface area (Å²) in [7, 11) is 0. The highest BCUT2D eigenvalue weighted by atomic mass is 79.9. The third-order valence-corrected chi connectivity index (χ3v) is 3.56. The maximum atomic E-state index is 11.8. The highest BCUT2D eigenvalue weighted by molar-refractivity contribution is 9.10. The van der Waals surface area contributed by atoms with Gasteiger partial charge in [0.25, 0.3) is 0 Å². The van der Waals surface area contributed by atoms with Crippen molar-refractivity contribution >= 4 is 50.7 Å². The lowest BCUT2D eigenvalue weighted by Gasteiger charge is -2.12. The van der Waals surface area contributed by atoms with E-state index >= 15 is 0 Å². The van der Waals surface area contributed by atoms with Crippen LogP contribution in [0.2, 0.25) is 5.02 Å². The smallest absolute Gasteiger partial charge is 0.340 e. The van der Waals surface area contributed by atoms with E-state index in [1.165, 1.54) is 12.3 Å². The first-order chi connectivity index (χ1) is 10.0. The lowest BCUT2D eigenvalue weighted by molar-refractivity contribution is 0.0527. The molecule has 0 aliphatic heterocycles. The summed E-state index contributed by atoms with van der Waals surface area (Å²) in [5, 5.41) is 3.66. The monoisotopic (exact) mass is 369 g/mol. The van der Waals surface area contributed by atoms with Gasteiger partial charge in [-0.25, -0.2) is 9.78 Å². The number of esters is 1. The molecule has 0 saturated heterocycles. The number of pyridine rings is 1. The van der Waals surface area contributed by atoms with Gasteiger partial charge in [0.1, 0.15) is 0 Å². The van der Waals surface area contributed by atoms with Crippen LogP contribution in [-0.4, -0.2) is 17.6 Å². The first-order valence-corrected chi connectivity index (χ1v) is 7.33. The topological polar surface area (TPSA) is 77.2 Å². The normalized spacial score (nSPS) is 10.2. The van der Waals surface area contributed by atoms with Crippen molar-refractivity contribution < 1.29 is 9.53 Å². The fourth-order valence-electron chi connectivity index (χ4n) is 1.68. The molecule has 2 aromatic rings. The summed E-state index contributed by atoms with van der Waals surface area (Å²) in [6.45, 7) is 2.02. The van der Waals surface area contributed by atoms with Crippen molar-refractivity contribution in [3.05, 3.63) is 45.5 Å². The Morgan fingerprint density at radius 3 is 2.90 bits per heavy atom. The zero-order valence-corrected chi connectivity index (χ0v) is 13.5. The highest BCUT2D eigenvalue weighted by Gasteiger charge is 2.15. The summed E-state index contributed by atoms with van der Waals surface area (Å²) in [5.74, 6) is -0.0980. The van der Waals surface area contributed by atoms with E-state index in [4.69, 9.17) is 22.1 Å². The Kier molecular flexibility index (Phi) is 5.03. The molecule has 1 aromatic carbocycles. The number of nitrogens with one attached hydrogen (secondary N) is 1. The lowest BCUT2D eigenvalue weighted by Crippen LogP contribution is -2.10. The van der Waals surface area contributed by atoms with Gasteiger partial charge < -0.3 is 15.8 Å². The van der Waals surface area contributed by atoms with Crippen molar-refractivity contribution in [1.29, 1.82) is 0 Å². The lowest BCUT2D eigenvalue weighted by atomic mass is 10.2. The van der Waals surface area contributed by atoms with Crippen LogP contribution in [0.1, 0.15) is 17.3 Å². The minimum atomic E-state index is -0.476. The van der Waals surface area contributed by atoms with Crippen molar-refractivity contribution in [2.45, 2.75) is 6.92 Å². The van der Waals surface area contributed by atoms with Gasteiger partial charge in [-0.2, -0.15) is 0 Å². The van der Waals surface area contributed by atoms with E-state index in [-0.39, 0.29) is 17.9 Å². The fraction of sp³-hybridized carbons (Fsp3) is 0.143. The molecule has 0 unspecified atom stereocenters. The van der Waals surface area contributed by atoms with Crippen molar-refractivity contribution in [2.24, 2.45) is 0 Å². The van der Waals surface area contributed by atoms with Gasteiger partial charge in [0, 0.05) is 15.7 Å². The molecule has 0 aliphatic carbocycles. The average molecular weight is 371 g/mol. The van der Waals surface area contributed by atoms with Crippen molar-refractivity contribution in [1.82, 2.24) is 4.98 Å². The Bertz CT molecular complexity index is 679. The predicted octanol–water partition coefficient (Wildman–Crippen LogP) is 4.00. The van der Waals surface area contributed by atoms with E-state index in [2.05, 4.69) is 26.2 Å². The fourth-order valence-corrected chi connectivity index (χ4v) is 2.46. The zero-order chi connectivity index (χ0) is 15.4. The Hall–Kier alpha value is -1.79. The van der Waals surface area contributed by atoms with E-state index in [1.54, 1.807) is 25.1 Å². The van der Waals surface area contributed by atoms with E-state index in [1.807, 2.05) is 0 Å². The quantitative estimate of drug-likeness (QED) is 0.795. The molecule has 0 atom stereocenters. The van der Waals surface area contributed by atoms with Gasteiger partial charge in [-0.1, -0.05) is 11.6 Å². The molecule has 0 amide bonds. The minimum absolute atomic E-state index is 0.234. The number of aromatic nitrogens is 1. The van der Waals surface area contributed by atoms with Crippen LogP contribution in [0.5, 0.6) is 0 Å². The van der Waals surface area contributed by atoms with Crippen LogP contribution in [0.25, 0.3) is 0 Å². The molecule has 21 heavy (non-hydrogen) atoms. The maximum Gasteiger partial charge on any atom is 0.340 e. The average Bonchev–Trinajstić information content (AvgIpc) is 2.44. The van der Waals surface area contributed by atoms with Crippen molar-refractivity contribution in [3.63, 3.8) is 0 Å². The molecule has 3 N–H and O–H groups in total. The number of carbonyl (C=O) groups excluding carboxylic acids is 1. The second-order valence-corrected chi connectivity index (χ2v) is 5.38. The molecule has 0 bridgehead atoms. The second kappa shape index (κ2) is 6.78. The number of halogens is 2. The Morgan fingerprint density at radius 2 is 2.24 bits per heavy atom. The van der Waals surface area contributed by atoms with Gasteiger partial charge in [-0.3, -0.25) is 0 Å². The van der Waals surface area contributed by atoms with E-state index < -0.39 is 5.97 Å². The molecule has 2 rings (SSSR count). The van der Waals surface area contributed by atoms with Crippen molar-refractivity contribution in [3.8, 4) is 0 Å². The molecule has 1 aromatic heterocycles. The first-order valence-electron chi connectivity index (χ1n) is 6.16. The molecule has 7 heteroatoms. The van der Waals surface area contributed by atoms with Crippen LogP contribution in [-0.2, 0) is 4.74 Å². The maximum absolute atomic E-state index is 11.8. The Labute approximate surface area is 135 Å². The first kappa shape index (κ1) is 15.6. The van der Waals surface area contributed by atoms with Crippen LogP contribution in [0.15, 0.2) is 34.9 Å². The van der Waals surface area contributed by atoms with Crippen LogP contribution in [0, 0.1) is 0 Å². The minimum Gasteiger partial charge on any atom is -0.462 e. The molecule has 0 spiro atoms. The van der Waals surface area contributed by atoms with Gasteiger partial charge in [0.2, 0.25) is 0 Å². The molecule has 5 nitrogen and oxygen atoms in total. The SMILES string of the molecule is CCOC(=O)c1ccnc(Nc2ccc(Cl)cc2Br)c1N. The molecular weight excluding hydrogens is 358 g/mol. The van der Waals surface area contributed by atoms with E-state index in [0.717, 1.165) is 10.2 Å². The number of rotatable bonds is 4. The number of nitrogens with two attached hydrogens (primary N) is 1. The summed E-state index contributed by atoms with van der Waals surface area (Å²) in [6.07, 6.45) is 1.49. The zero-order valence-electron chi connectivity index (χ0n) is 11.2. The Morgan fingerprint density at radius 1 is 1.48 bits per heavy atom. The number of hydrogen-bond donors (Lipinski definition) is 2. The number of carbonyl (C=O) groups is 1. The third kappa shape index (κ3) is 3.65. The Balaban J connectivity index is 2.32. The summed E-state index contributed by atoms with van der Waals surface area (Å²) in [4.78, 5) is 15.9. The van der Waals surface area contributed by atoms with Crippen LogP contribution < -0.4 is 11.1 Å². The van der Waals surface area contributed by atoms with Gasteiger partial charge in [0.15, 0.2) is 5.82 Å². The van der Waals surface area contributed by atoms with E-state index in [0.29, 0.717) is 10.8 Å².